The van der Waals surface area contributed by atoms with Crippen LogP contribution < -0.4 is 15.4 Å². The van der Waals surface area contributed by atoms with E-state index >= 15 is 0 Å². The topological polar surface area (TPSA) is 85.0 Å². The fourth-order valence-electron chi connectivity index (χ4n) is 4.45. The zero-order valence-electron chi connectivity index (χ0n) is 17.7. The summed E-state index contributed by atoms with van der Waals surface area (Å²) in [7, 11) is 3.44. The summed E-state index contributed by atoms with van der Waals surface area (Å²) in [6.07, 6.45) is 1.34. The van der Waals surface area contributed by atoms with E-state index in [-0.39, 0.29) is 17.6 Å². The molecule has 3 aromatic rings. The average Bonchev–Trinajstić information content (AvgIpc) is 3.53. The Balaban J connectivity index is 1.38. The zero-order chi connectivity index (χ0) is 22.6. The largest absolute Gasteiger partial charge is 0.433 e. The van der Waals surface area contributed by atoms with Crippen LogP contribution in [0.2, 0.25) is 0 Å². The number of piperidine rings is 1. The monoisotopic (exact) mass is 448 g/mol. The number of halogens is 3. The predicted octanol–water partition coefficient (Wildman–Crippen LogP) is 2.11. The lowest BCUT2D eigenvalue weighted by Crippen LogP contribution is -2.47. The molecular weight excluding hydrogens is 425 g/mol. The number of hydrogen-bond acceptors (Lipinski definition) is 7. The lowest BCUT2D eigenvalue weighted by Gasteiger charge is -2.40. The summed E-state index contributed by atoms with van der Waals surface area (Å²) >= 11 is 0. The van der Waals surface area contributed by atoms with Gasteiger partial charge < -0.3 is 9.80 Å². The number of alkyl halides is 3. The minimum absolute atomic E-state index is 0.0622. The molecule has 12 heteroatoms. The summed E-state index contributed by atoms with van der Waals surface area (Å²) in [6.45, 7) is 1.27. The molecule has 0 spiro atoms. The van der Waals surface area contributed by atoms with Crippen LogP contribution in [0.25, 0.3) is 11.0 Å². The van der Waals surface area contributed by atoms with Crippen molar-refractivity contribution in [3.63, 3.8) is 0 Å². The van der Waals surface area contributed by atoms with Crippen LogP contribution in [0.5, 0.6) is 0 Å². The van der Waals surface area contributed by atoms with Gasteiger partial charge in [-0.25, -0.2) is 9.97 Å². The highest BCUT2D eigenvalue weighted by atomic mass is 19.4. The minimum Gasteiger partial charge on any atom is -0.350 e. The van der Waals surface area contributed by atoms with E-state index in [0.717, 1.165) is 38.1 Å². The van der Waals surface area contributed by atoms with E-state index in [0.29, 0.717) is 35.9 Å². The highest BCUT2D eigenvalue weighted by molar-refractivity contribution is 5.74. The number of fused-ring (bicyclic) bond motifs is 1. The number of anilines is 2. The van der Waals surface area contributed by atoms with Crippen LogP contribution in [-0.4, -0.2) is 54.5 Å². The van der Waals surface area contributed by atoms with Crippen LogP contribution >= 0.6 is 0 Å². The Morgan fingerprint density at radius 3 is 2.41 bits per heavy atom. The third kappa shape index (κ3) is 3.56. The molecule has 1 aliphatic heterocycles. The quantitative estimate of drug-likeness (QED) is 0.604. The van der Waals surface area contributed by atoms with Crippen molar-refractivity contribution in [2.75, 3.05) is 22.9 Å². The first kappa shape index (κ1) is 20.7. The van der Waals surface area contributed by atoms with Gasteiger partial charge in [-0.15, -0.1) is 0 Å². The lowest BCUT2D eigenvalue weighted by molar-refractivity contribution is -0.141. The van der Waals surface area contributed by atoms with Gasteiger partial charge in [-0.1, -0.05) is 0 Å². The molecule has 170 valence electrons. The molecule has 1 saturated carbocycles. The smallest absolute Gasteiger partial charge is 0.350 e. The molecule has 0 atom stereocenters. The van der Waals surface area contributed by atoms with Crippen LogP contribution in [0.1, 0.15) is 31.4 Å². The van der Waals surface area contributed by atoms with Crippen LogP contribution in [0.3, 0.4) is 0 Å². The first-order valence-electron chi connectivity index (χ1n) is 10.6. The van der Waals surface area contributed by atoms with E-state index < -0.39 is 11.9 Å². The van der Waals surface area contributed by atoms with Gasteiger partial charge in [0, 0.05) is 45.3 Å². The Morgan fingerprint density at radius 2 is 1.75 bits per heavy atom. The van der Waals surface area contributed by atoms with Crippen LogP contribution in [0.4, 0.5) is 24.9 Å². The van der Waals surface area contributed by atoms with Gasteiger partial charge in [-0.05, 0) is 25.7 Å². The molecule has 0 amide bonds. The summed E-state index contributed by atoms with van der Waals surface area (Å²) in [6, 6.07) is 1.31. The Hall–Kier alpha value is -3.18. The van der Waals surface area contributed by atoms with Gasteiger partial charge in [0.05, 0.1) is 6.20 Å². The second-order valence-electron chi connectivity index (χ2n) is 8.40. The molecule has 3 aromatic heterocycles. The van der Waals surface area contributed by atoms with Crippen molar-refractivity contribution >= 4 is 22.8 Å². The SMILES string of the molecule is Cn1c(N2CCC(N(c3cc(C(F)(F)F)ncn3)C3CC3)CC2)nc2c(cnn2C)c1=O. The Labute approximate surface area is 181 Å². The zero-order valence-corrected chi connectivity index (χ0v) is 17.7. The molecule has 0 unspecified atom stereocenters. The van der Waals surface area contributed by atoms with Gasteiger partial charge >= 0.3 is 6.18 Å². The Morgan fingerprint density at radius 1 is 1.06 bits per heavy atom. The molecule has 0 radical (unpaired) electrons. The van der Waals surface area contributed by atoms with E-state index in [9.17, 15) is 18.0 Å². The highest BCUT2D eigenvalue weighted by Gasteiger charge is 2.39. The van der Waals surface area contributed by atoms with Crippen LogP contribution in [-0.2, 0) is 20.3 Å². The molecular formula is C20H23F3N8O. The predicted molar refractivity (Wildman–Crippen MR) is 112 cm³/mol. The fraction of sp³-hybridized carbons (Fsp3) is 0.550. The first-order chi connectivity index (χ1) is 15.2. The van der Waals surface area contributed by atoms with Gasteiger partial charge in [-0.3, -0.25) is 14.0 Å². The van der Waals surface area contributed by atoms with Crippen molar-refractivity contribution in [1.29, 1.82) is 0 Å². The summed E-state index contributed by atoms with van der Waals surface area (Å²) in [5.41, 5.74) is -0.541. The van der Waals surface area contributed by atoms with Crippen LogP contribution in [0, 0.1) is 0 Å². The highest BCUT2D eigenvalue weighted by Crippen LogP contribution is 2.37. The van der Waals surface area contributed by atoms with Gasteiger partial charge in [0.2, 0.25) is 5.95 Å². The molecule has 2 fully saturated rings. The number of aromatic nitrogens is 6. The van der Waals surface area contributed by atoms with Gasteiger partial charge in [0.15, 0.2) is 5.65 Å². The Kier molecular flexibility index (Phi) is 4.82. The molecule has 4 heterocycles. The van der Waals surface area contributed by atoms with E-state index in [1.54, 1.807) is 18.8 Å². The van der Waals surface area contributed by atoms with E-state index in [1.165, 1.54) is 10.8 Å². The van der Waals surface area contributed by atoms with Crippen molar-refractivity contribution in [2.45, 2.75) is 43.9 Å². The molecule has 1 saturated heterocycles. The molecule has 9 nitrogen and oxygen atoms in total. The second kappa shape index (κ2) is 7.45. The molecule has 1 aliphatic carbocycles. The maximum atomic E-state index is 13.2. The van der Waals surface area contributed by atoms with Gasteiger partial charge in [-0.2, -0.15) is 23.3 Å². The number of nitrogens with zero attached hydrogens (tertiary/aromatic N) is 8. The summed E-state index contributed by atoms with van der Waals surface area (Å²) in [5.74, 6) is 0.902. The van der Waals surface area contributed by atoms with E-state index in [2.05, 4.69) is 25.0 Å². The molecule has 0 N–H and O–H groups in total. The number of rotatable bonds is 4. The van der Waals surface area contributed by atoms with Crippen molar-refractivity contribution in [2.24, 2.45) is 14.1 Å². The first-order valence-corrected chi connectivity index (χ1v) is 10.6. The second-order valence-corrected chi connectivity index (χ2v) is 8.40. The van der Waals surface area contributed by atoms with Crippen molar-refractivity contribution in [3.05, 3.63) is 34.6 Å². The maximum absolute atomic E-state index is 13.2. The molecule has 0 aromatic carbocycles. The Bertz CT molecular complexity index is 1210. The minimum atomic E-state index is -4.50. The summed E-state index contributed by atoms with van der Waals surface area (Å²) < 4.78 is 42.6. The fourth-order valence-corrected chi connectivity index (χ4v) is 4.45. The van der Waals surface area contributed by atoms with E-state index in [4.69, 9.17) is 0 Å². The molecule has 32 heavy (non-hydrogen) atoms. The number of hydrogen-bond donors (Lipinski definition) is 0. The standard InChI is InChI=1S/C20H23F3N8O/c1-28-18(32)14-10-26-29(2)17(14)27-19(28)30-7-5-13(6-8-30)31(12-3-4-12)16-9-15(20(21,22)23)24-11-25-16/h9-13H,3-8H2,1-2H3. The van der Waals surface area contributed by atoms with Crippen LogP contribution in [0.15, 0.2) is 23.4 Å². The van der Waals surface area contributed by atoms with Crippen molar-refractivity contribution in [1.82, 2.24) is 29.3 Å². The van der Waals surface area contributed by atoms with E-state index in [1.807, 2.05) is 4.90 Å². The summed E-state index contributed by atoms with van der Waals surface area (Å²) in [4.78, 5) is 29.0. The van der Waals surface area contributed by atoms with Crippen molar-refractivity contribution < 1.29 is 13.2 Å². The summed E-state index contributed by atoms with van der Waals surface area (Å²) in [5, 5.41) is 4.60. The lowest BCUT2D eigenvalue weighted by atomic mass is 10.0. The third-order valence-electron chi connectivity index (χ3n) is 6.24. The number of aryl methyl sites for hydroxylation is 1. The average molecular weight is 448 g/mol. The third-order valence-corrected chi connectivity index (χ3v) is 6.24. The molecule has 2 aliphatic rings. The van der Waals surface area contributed by atoms with Crippen molar-refractivity contribution in [3.8, 4) is 0 Å². The maximum Gasteiger partial charge on any atom is 0.433 e. The van der Waals surface area contributed by atoms with Gasteiger partial charge in [0.25, 0.3) is 5.56 Å². The molecule has 0 bridgehead atoms. The molecule has 5 rings (SSSR count). The van der Waals surface area contributed by atoms with Gasteiger partial charge in [0.1, 0.15) is 23.2 Å². The normalized spacial score (nSPS) is 17.8.